The van der Waals surface area contributed by atoms with E-state index in [0.717, 1.165) is 38.2 Å². The molecule has 0 spiro atoms. The third-order valence-electron chi connectivity index (χ3n) is 5.23. The molecule has 0 saturated carbocycles. The molecule has 0 aliphatic carbocycles. The lowest BCUT2D eigenvalue weighted by molar-refractivity contribution is -0.122. The highest BCUT2D eigenvalue weighted by Gasteiger charge is 2.21. The van der Waals surface area contributed by atoms with Crippen LogP contribution in [0, 0.1) is 0 Å². The minimum Gasteiger partial charge on any atom is -0.478 e. The Hall–Kier alpha value is -3.39. The summed E-state index contributed by atoms with van der Waals surface area (Å²) in [4.78, 5) is 32.4. The van der Waals surface area contributed by atoms with Crippen molar-refractivity contribution >= 4 is 23.5 Å². The van der Waals surface area contributed by atoms with E-state index in [9.17, 15) is 14.7 Å². The quantitative estimate of drug-likeness (QED) is 0.434. The summed E-state index contributed by atoms with van der Waals surface area (Å²) in [7, 11) is 0. The SMILES string of the molecule is CCCNC(=O)CN1CCN(C(=NCc2ccccc2)Nc2cccc(C(=O)O)c2)CC1. The average Bonchev–Trinajstić information content (AvgIpc) is 2.82. The first-order valence-electron chi connectivity index (χ1n) is 11.0. The Labute approximate surface area is 188 Å². The van der Waals surface area contributed by atoms with Crippen LogP contribution in [0.4, 0.5) is 5.69 Å². The van der Waals surface area contributed by atoms with Crippen LogP contribution in [0.15, 0.2) is 59.6 Å². The van der Waals surface area contributed by atoms with Crippen molar-refractivity contribution in [1.82, 2.24) is 15.1 Å². The number of hydrogen-bond donors (Lipinski definition) is 3. The molecule has 1 aliphatic rings. The van der Waals surface area contributed by atoms with Crippen LogP contribution in [0.1, 0.15) is 29.3 Å². The van der Waals surface area contributed by atoms with Crippen LogP contribution in [-0.4, -0.2) is 72.0 Å². The van der Waals surface area contributed by atoms with Crippen molar-refractivity contribution in [2.75, 3.05) is 44.6 Å². The summed E-state index contributed by atoms with van der Waals surface area (Å²) >= 11 is 0. The summed E-state index contributed by atoms with van der Waals surface area (Å²) in [6.45, 7) is 6.60. The molecule has 3 rings (SSSR count). The van der Waals surface area contributed by atoms with Crippen molar-refractivity contribution in [2.24, 2.45) is 4.99 Å². The molecule has 1 amide bonds. The van der Waals surface area contributed by atoms with Crippen LogP contribution in [0.5, 0.6) is 0 Å². The monoisotopic (exact) mass is 437 g/mol. The third kappa shape index (κ3) is 7.09. The largest absolute Gasteiger partial charge is 0.478 e. The summed E-state index contributed by atoms with van der Waals surface area (Å²) in [5.41, 5.74) is 2.00. The van der Waals surface area contributed by atoms with E-state index in [1.54, 1.807) is 18.2 Å². The summed E-state index contributed by atoms with van der Waals surface area (Å²) in [6, 6.07) is 16.7. The molecule has 170 valence electrons. The molecular weight excluding hydrogens is 406 g/mol. The van der Waals surface area contributed by atoms with Crippen molar-refractivity contribution in [3.8, 4) is 0 Å². The lowest BCUT2D eigenvalue weighted by atomic mass is 10.2. The number of hydrogen-bond acceptors (Lipinski definition) is 4. The lowest BCUT2D eigenvalue weighted by Gasteiger charge is -2.36. The minimum absolute atomic E-state index is 0.0573. The molecule has 8 heteroatoms. The molecule has 8 nitrogen and oxygen atoms in total. The second-order valence-electron chi connectivity index (χ2n) is 7.75. The number of carbonyl (C=O) groups excluding carboxylic acids is 1. The number of carboxylic acids is 1. The number of nitrogens with zero attached hydrogens (tertiary/aromatic N) is 3. The zero-order valence-corrected chi connectivity index (χ0v) is 18.5. The minimum atomic E-state index is -0.966. The fourth-order valence-electron chi connectivity index (χ4n) is 3.47. The first-order valence-corrected chi connectivity index (χ1v) is 11.0. The van der Waals surface area contributed by atoms with Crippen molar-refractivity contribution in [3.63, 3.8) is 0 Å². The zero-order chi connectivity index (χ0) is 22.8. The third-order valence-corrected chi connectivity index (χ3v) is 5.23. The van der Waals surface area contributed by atoms with Gasteiger partial charge in [-0.05, 0) is 30.2 Å². The van der Waals surface area contributed by atoms with Crippen molar-refractivity contribution in [1.29, 1.82) is 0 Å². The number of nitrogens with one attached hydrogen (secondary N) is 2. The maximum Gasteiger partial charge on any atom is 0.335 e. The van der Waals surface area contributed by atoms with Gasteiger partial charge in [-0.2, -0.15) is 0 Å². The van der Waals surface area contributed by atoms with Crippen LogP contribution in [0.3, 0.4) is 0 Å². The van der Waals surface area contributed by atoms with Gasteiger partial charge in [0.25, 0.3) is 0 Å². The van der Waals surface area contributed by atoms with Crippen LogP contribution in [0.2, 0.25) is 0 Å². The summed E-state index contributed by atoms with van der Waals surface area (Å²) < 4.78 is 0. The normalized spacial score (nSPS) is 14.8. The fourth-order valence-corrected chi connectivity index (χ4v) is 3.47. The van der Waals surface area contributed by atoms with Gasteiger partial charge in [0.05, 0.1) is 18.7 Å². The molecule has 0 bridgehead atoms. The summed E-state index contributed by atoms with van der Waals surface area (Å²) in [5, 5.41) is 15.5. The number of amides is 1. The molecule has 2 aromatic carbocycles. The fraction of sp³-hybridized carbons (Fsp3) is 0.375. The Morgan fingerprint density at radius 1 is 1.03 bits per heavy atom. The lowest BCUT2D eigenvalue weighted by Crippen LogP contribution is -2.52. The number of anilines is 1. The van der Waals surface area contributed by atoms with Crippen molar-refractivity contribution in [3.05, 3.63) is 65.7 Å². The Kier molecular flexibility index (Phi) is 8.62. The number of carbonyl (C=O) groups is 2. The number of guanidine groups is 1. The maximum absolute atomic E-state index is 12.0. The number of piperazine rings is 1. The van der Waals surface area contributed by atoms with Gasteiger partial charge in [-0.25, -0.2) is 9.79 Å². The van der Waals surface area contributed by atoms with Gasteiger partial charge in [-0.15, -0.1) is 0 Å². The van der Waals surface area contributed by atoms with E-state index < -0.39 is 5.97 Å². The smallest absolute Gasteiger partial charge is 0.335 e. The molecule has 1 heterocycles. The van der Waals surface area contributed by atoms with E-state index in [2.05, 4.69) is 20.4 Å². The molecule has 0 aromatic heterocycles. The van der Waals surface area contributed by atoms with Gasteiger partial charge in [0.1, 0.15) is 0 Å². The van der Waals surface area contributed by atoms with E-state index in [0.29, 0.717) is 31.3 Å². The van der Waals surface area contributed by atoms with Crippen LogP contribution in [-0.2, 0) is 11.3 Å². The highest BCUT2D eigenvalue weighted by Crippen LogP contribution is 2.14. The van der Waals surface area contributed by atoms with E-state index in [4.69, 9.17) is 4.99 Å². The molecular formula is C24H31N5O3. The number of aromatic carboxylic acids is 1. The van der Waals surface area contributed by atoms with E-state index >= 15 is 0 Å². The van der Waals surface area contributed by atoms with E-state index in [1.165, 1.54) is 0 Å². The molecule has 0 radical (unpaired) electrons. The zero-order valence-electron chi connectivity index (χ0n) is 18.5. The van der Waals surface area contributed by atoms with Gasteiger partial charge < -0.3 is 20.6 Å². The molecule has 1 saturated heterocycles. The van der Waals surface area contributed by atoms with Crippen LogP contribution in [0.25, 0.3) is 0 Å². The second-order valence-corrected chi connectivity index (χ2v) is 7.75. The molecule has 2 aromatic rings. The van der Waals surface area contributed by atoms with E-state index in [-0.39, 0.29) is 11.5 Å². The van der Waals surface area contributed by atoms with Gasteiger partial charge in [-0.1, -0.05) is 43.3 Å². The predicted molar refractivity (Wildman–Crippen MR) is 126 cm³/mol. The van der Waals surface area contributed by atoms with E-state index in [1.807, 2.05) is 43.3 Å². The van der Waals surface area contributed by atoms with Gasteiger partial charge >= 0.3 is 5.97 Å². The summed E-state index contributed by atoms with van der Waals surface area (Å²) in [5.74, 6) is -0.209. The average molecular weight is 438 g/mol. The summed E-state index contributed by atoms with van der Waals surface area (Å²) in [6.07, 6.45) is 0.926. The van der Waals surface area contributed by atoms with Gasteiger partial charge in [0.2, 0.25) is 5.91 Å². The maximum atomic E-state index is 12.0. The number of carboxylic acid groups (broad SMARTS) is 1. The Morgan fingerprint density at radius 3 is 2.47 bits per heavy atom. The molecule has 0 atom stereocenters. The van der Waals surface area contributed by atoms with Crippen molar-refractivity contribution in [2.45, 2.75) is 19.9 Å². The van der Waals surface area contributed by atoms with Gasteiger partial charge in [0, 0.05) is 38.4 Å². The van der Waals surface area contributed by atoms with Crippen LogP contribution < -0.4 is 10.6 Å². The molecule has 32 heavy (non-hydrogen) atoms. The first-order chi connectivity index (χ1) is 15.5. The van der Waals surface area contributed by atoms with Gasteiger partial charge in [0.15, 0.2) is 5.96 Å². The first kappa shape index (κ1) is 23.3. The van der Waals surface area contributed by atoms with Gasteiger partial charge in [-0.3, -0.25) is 9.69 Å². The second kappa shape index (κ2) is 11.9. The number of benzene rings is 2. The van der Waals surface area contributed by atoms with Crippen molar-refractivity contribution < 1.29 is 14.7 Å². The Morgan fingerprint density at radius 2 is 1.78 bits per heavy atom. The molecule has 1 aliphatic heterocycles. The standard InChI is InChI=1S/C24H31N5O3/c1-2-11-25-22(30)18-28-12-14-29(15-13-28)24(26-17-19-7-4-3-5-8-19)27-21-10-6-9-20(16-21)23(31)32/h3-10,16H,2,11-15,17-18H2,1H3,(H,25,30)(H,26,27)(H,31,32). The highest BCUT2D eigenvalue weighted by molar-refractivity contribution is 5.95. The Bertz CT molecular complexity index is 924. The van der Waals surface area contributed by atoms with Crippen LogP contribution >= 0.6 is 0 Å². The highest BCUT2D eigenvalue weighted by atomic mass is 16.4. The predicted octanol–water partition coefficient (Wildman–Crippen LogP) is 2.50. The topological polar surface area (TPSA) is 97.3 Å². The molecule has 3 N–H and O–H groups in total. The molecule has 1 fully saturated rings. The molecule has 0 unspecified atom stereocenters. The number of rotatable bonds is 8. The Balaban J connectivity index is 1.68. The number of aliphatic imine (C=N–C) groups is 1.